The van der Waals surface area contributed by atoms with Gasteiger partial charge in [-0.15, -0.1) is 0 Å². The summed E-state index contributed by atoms with van der Waals surface area (Å²) in [4.78, 5) is 11.7. The first kappa shape index (κ1) is 10.5. The lowest BCUT2D eigenvalue weighted by atomic mass is 9.82. The Kier molecular flexibility index (Phi) is 2.95. The molecular weight excluding hydrogens is 183 g/mol. The molecule has 1 rings (SSSR count). The third kappa shape index (κ3) is 2.02. The Morgan fingerprint density at radius 3 is 2.38 bits per heavy atom. The average Bonchev–Trinajstić information content (AvgIpc) is 2.01. The number of aldehydes is 1. The van der Waals surface area contributed by atoms with Crippen molar-refractivity contribution in [3.05, 3.63) is 0 Å². The van der Waals surface area contributed by atoms with Crippen LogP contribution in [0.15, 0.2) is 0 Å². The first-order valence-corrected chi connectivity index (χ1v) is 4.07. The second kappa shape index (κ2) is 3.65. The van der Waals surface area contributed by atoms with Crippen molar-refractivity contribution >= 4 is 6.29 Å². The van der Waals surface area contributed by atoms with E-state index in [1.54, 1.807) is 6.92 Å². The van der Waals surface area contributed by atoms with Crippen LogP contribution in [0.25, 0.3) is 0 Å². The molecule has 1 heterocycles. The third-order valence-electron chi connectivity index (χ3n) is 2.33. The molecule has 1 fully saturated rings. The van der Waals surface area contributed by atoms with Crippen LogP contribution in [0.3, 0.4) is 0 Å². The van der Waals surface area contributed by atoms with Crippen molar-refractivity contribution < 1.29 is 18.0 Å². The van der Waals surface area contributed by atoms with Crippen molar-refractivity contribution in [1.29, 1.82) is 0 Å². The summed E-state index contributed by atoms with van der Waals surface area (Å²) in [7, 11) is 0. The van der Waals surface area contributed by atoms with Crippen LogP contribution in [0, 0.1) is 5.41 Å². The Hall–Kier alpha value is -0.580. The summed E-state index contributed by atoms with van der Waals surface area (Å²) in [5, 5.41) is 0. The Bertz CT molecular complexity index is 192. The summed E-state index contributed by atoms with van der Waals surface area (Å²) in [6, 6.07) is -1.34. The number of alkyl halides is 3. The molecule has 1 atom stereocenters. The van der Waals surface area contributed by atoms with E-state index in [-0.39, 0.29) is 13.1 Å². The Labute approximate surface area is 74.7 Å². The second-order valence-corrected chi connectivity index (χ2v) is 3.73. The monoisotopic (exact) mass is 195 g/mol. The number of hydrogen-bond donors (Lipinski definition) is 0. The minimum absolute atomic E-state index is 0.232. The largest absolute Gasteiger partial charge is 0.303 e. The van der Waals surface area contributed by atoms with Gasteiger partial charge in [0.15, 0.2) is 0 Å². The molecule has 0 radical (unpaired) electrons. The fourth-order valence-electron chi connectivity index (χ4n) is 1.51. The zero-order chi connectivity index (χ0) is 10.1. The van der Waals surface area contributed by atoms with E-state index in [0.717, 1.165) is 6.29 Å². The van der Waals surface area contributed by atoms with E-state index < -0.39 is 24.6 Å². The maximum absolute atomic E-state index is 12.2. The lowest BCUT2D eigenvalue weighted by molar-refractivity contribution is -0.131. The molecule has 76 valence electrons. The zero-order valence-corrected chi connectivity index (χ0v) is 7.34. The number of carbonyl (C=O) groups excluding carboxylic acids is 1. The maximum atomic E-state index is 12.2. The topological polar surface area (TPSA) is 20.3 Å². The van der Waals surface area contributed by atoms with Gasteiger partial charge in [-0.3, -0.25) is 4.90 Å². The van der Waals surface area contributed by atoms with Gasteiger partial charge in [-0.25, -0.2) is 13.2 Å². The SMILES string of the molecule is CC1(C=O)CN(C(CF)C(F)F)C1. The first-order valence-electron chi connectivity index (χ1n) is 4.07. The van der Waals surface area contributed by atoms with Crippen molar-refractivity contribution in [2.75, 3.05) is 19.8 Å². The molecule has 0 amide bonds. The standard InChI is InChI=1S/C8H12F3NO/c1-8(5-13)3-12(4-8)6(2-9)7(10)11/h5-7H,2-4H2,1H3. The number of carbonyl (C=O) groups is 1. The van der Waals surface area contributed by atoms with Crippen LogP contribution in [0.2, 0.25) is 0 Å². The summed E-state index contributed by atoms with van der Waals surface area (Å²) in [6.45, 7) is 1.08. The Balaban J connectivity index is 2.45. The predicted molar refractivity (Wildman–Crippen MR) is 41.5 cm³/mol. The molecule has 13 heavy (non-hydrogen) atoms. The van der Waals surface area contributed by atoms with Crippen molar-refractivity contribution in [3.8, 4) is 0 Å². The van der Waals surface area contributed by atoms with Gasteiger partial charge in [0.25, 0.3) is 6.43 Å². The van der Waals surface area contributed by atoms with Crippen LogP contribution in [0.5, 0.6) is 0 Å². The molecule has 0 aliphatic carbocycles. The van der Waals surface area contributed by atoms with Crippen molar-refractivity contribution in [2.45, 2.75) is 19.4 Å². The van der Waals surface area contributed by atoms with Gasteiger partial charge in [0.05, 0.1) is 6.04 Å². The molecular formula is C8H12F3NO. The first-order chi connectivity index (χ1) is 6.02. The Morgan fingerprint density at radius 1 is 1.54 bits per heavy atom. The van der Waals surface area contributed by atoms with Crippen LogP contribution >= 0.6 is 0 Å². The molecule has 0 aromatic rings. The molecule has 1 saturated heterocycles. The highest BCUT2D eigenvalue weighted by molar-refractivity contribution is 5.61. The zero-order valence-electron chi connectivity index (χ0n) is 7.34. The maximum Gasteiger partial charge on any atom is 0.256 e. The molecule has 0 aromatic carbocycles. The fraction of sp³-hybridized carbons (Fsp3) is 0.875. The lowest BCUT2D eigenvalue weighted by Crippen LogP contribution is -2.61. The number of nitrogens with zero attached hydrogens (tertiary/aromatic N) is 1. The summed E-state index contributed by atoms with van der Waals surface area (Å²) in [6.07, 6.45) is -1.94. The molecule has 0 N–H and O–H groups in total. The highest BCUT2D eigenvalue weighted by Gasteiger charge is 2.44. The van der Waals surface area contributed by atoms with E-state index in [9.17, 15) is 18.0 Å². The van der Waals surface area contributed by atoms with Crippen LogP contribution in [-0.4, -0.2) is 43.4 Å². The van der Waals surface area contributed by atoms with Crippen molar-refractivity contribution in [3.63, 3.8) is 0 Å². The lowest BCUT2D eigenvalue weighted by Gasteiger charge is -2.47. The minimum atomic E-state index is -2.68. The van der Waals surface area contributed by atoms with E-state index in [1.165, 1.54) is 4.90 Å². The van der Waals surface area contributed by atoms with Crippen LogP contribution in [0.4, 0.5) is 13.2 Å². The van der Waals surface area contributed by atoms with E-state index in [0.29, 0.717) is 0 Å². The van der Waals surface area contributed by atoms with Gasteiger partial charge >= 0.3 is 0 Å². The molecule has 5 heteroatoms. The highest BCUT2D eigenvalue weighted by Crippen LogP contribution is 2.30. The summed E-state index contributed by atoms with van der Waals surface area (Å²) in [5.74, 6) is 0. The van der Waals surface area contributed by atoms with Gasteiger partial charge in [-0.05, 0) is 0 Å². The summed E-state index contributed by atoms with van der Waals surface area (Å²) in [5.41, 5.74) is -0.553. The molecule has 1 unspecified atom stereocenters. The summed E-state index contributed by atoms with van der Waals surface area (Å²) < 4.78 is 36.4. The van der Waals surface area contributed by atoms with Gasteiger partial charge in [0.1, 0.15) is 13.0 Å². The fourth-order valence-corrected chi connectivity index (χ4v) is 1.51. The van der Waals surface area contributed by atoms with Crippen LogP contribution in [-0.2, 0) is 4.79 Å². The van der Waals surface area contributed by atoms with E-state index in [2.05, 4.69) is 0 Å². The molecule has 2 nitrogen and oxygen atoms in total. The second-order valence-electron chi connectivity index (χ2n) is 3.73. The van der Waals surface area contributed by atoms with Gasteiger partial charge in [-0.2, -0.15) is 0 Å². The van der Waals surface area contributed by atoms with Crippen LogP contribution < -0.4 is 0 Å². The smallest absolute Gasteiger partial charge is 0.256 e. The van der Waals surface area contributed by atoms with Gasteiger partial charge < -0.3 is 4.79 Å². The van der Waals surface area contributed by atoms with Crippen molar-refractivity contribution in [1.82, 2.24) is 4.90 Å². The molecule has 0 aromatic heterocycles. The molecule has 1 aliphatic rings. The quantitative estimate of drug-likeness (QED) is 0.626. The van der Waals surface area contributed by atoms with Gasteiger partial charge in [0.2, 0.25) is 0 Å². The number of hydrogen-bond acceptors (Lipinski definition) is 2. The van der Waals surface area contributed by atoms with E-state index in [1.807, 2.05) is 0 Å². The van der Waals surface area contributed by atoms with Gasteiger partial charge in [-0.1, -0.05) is 6.92 Å². The molecule has 0 bridgehead atoms. The number of halogens is 3. The van der Waals surface area contributed by atoms with E-state index in [4.69, 9.17) is 0 Å². The normalized spacial score (nSPS) is 24.1. The average molecular weight is 195 g/mol. The molecule has 0 spiro atoms. The third-order valence-corrected chi connectivity index (χ3v) is 2.33. The van der Waals surface area contributed by atoms with Crippen LogP contribution in [0.1, 0.15) is 6.92 Å². The minimum Gasteiger partial charge on any atom is -0.303 e. The summed E-state index contributed by atoms with van der Waals surface area (Å²) >= 11 is 0. The molecule has 0 saturated carbocycles. The predicted octanol–water partition coefficient (Wildman–Crippen LogP) is 1.11. The van der Waals surface area contributed by atoms with E-state index >= 15 is 0 Å². The highest BCUT2D eigenvalue weighted by atomic mass is 19.3. The van der Waals surface area contributed by atoms with Gasteiger partial charge in [0, 0.05) is 18.5 Å². The number of rotatable bonds is 4. The Morgan fingerprint density at radius 2 is 2.08 bits per heavy atom. The molecule has 1 aliphatic heterocycles. The number of likely N-dealkylation sites (tertiary alicyclic amines) is 1. The van der Waals surface area contributed by atoms with Crippen molar-refractivity contribution in [2.24, 2.45) is 5.41 Å².